The highest BCUT2D eigenvalue weighted by molar-refractivity contribution is 6.30. The summed E-state index contributed by atoms with van der Waals surface area (Å²) in [6, 6.07) is 13.8. The van der Waals surface area contributed by atoms with Crippen LogP contribution in [0.15, 0.2) is 48.8 Å². The van der Waals surface area contributed by atoms with Crippen LogP contribution in [0.4, 0.5) is 0 Å². The first-order valence-corrected chi connectivity index (χ1v) is 10.8. The molecule has 0 unspecified atom stereocenters. The lowest BCUT2D eigenvalue weighted by Crippen LogP contribution is -2.60. The summed E-state index contributed by atoms with van der Waals surface area (Å²) in [4.78, 5) is 22.0. The first-order valence-electron chi connectivity index (χ1n) is 10.4. The number of hydrogen-bond acceptors (Lipinski definition) is 3. The molecule has 0 N–H and O–H groups in total. The Morgan fingerprint density at radius 1 is 1.07 bits per heavy atom. The van der Waals surface area contributed by atoms with Gasteiger partial charge in [0.1, 0.15) is 0 Å². The largest absolute Gasteiger partial charge is 0.338 e. The fourth-order valence-electron chi connectivity index (χ4n) is 5.72. The van der Waals surface area contributed by atoms with Crippen LogP contribution in [0.5, 0.6) is 0 Å². The van der Waals surface area contributed by atoms with Gasteiger partial charge in [-0.3, -0.25) is 14.7 Å². The maximum Gasteiger partial charge on any atom is 0.255 e. The van der Waals surface area contributed by atoms with Crippen molar-refractivity contribution in [3.8, 4) is 0 Å². The molecule has 3 fully saturated rings. The molecule has 0 saturated carbocycles. The molecule has 3 saturated heterocycles. The van der Waals surface area contributed by atoms with E-state index in [1.54, 1.807) is 18.5 Å². The van der Waals surface area contributed by atoms with E-state index in [0.29, 0.717) is 34.5 Å². The molecule has 2 bridgehead atoms. The summed E-state index contributed by atoms with van der Waals surface area (Å²) in [5, 5.41) is 0.521. The van der Waals surface area contributed by atoms with Crippen molar-refractivity contribution in [1.82, 2.24) is 14.8 Å². The van der Waals surface area contributed by atoms with Gasteiger partial charge in [0, 0.05) is 44.1 Å². The predicted molar refractivity (Wildman–Crippen MR) is 110 cm³/mol. The van der Waals surface area contributed by atoms with Crippen LogP contribution in [0, 0.1) is 11.8 Å². The Hall–Kier alpha value is -1.91. The molecule has 4 nitrogen and oxygen atoms in total. The highest BCUT2D eigenvalue weighted by Crippen LogP contribution is 2.44. The smallest absolute Gasteiger partial charge is 0.255 e. The average Bonchev–Trinajstić information content (AvgIpc) is 2.73. The van der Waals surface area contributed by atoms with Gasteiger partial charge in [-0.2, -0.15) is 0 Å². The molecule has 2 aromatic rings. The molecular weight excluding hydrogens is 370 g/mol. The molecule has 28 heavy (non-hydrogen) atoms. The summed E-state index contributed by atoms with van der Waals surface area (Å²) in [5.74, 6) is 1.19. The third-order valence-corrected chi connectivity index (χ3v) is 7.02. The summed E-state index contributed by atoms with van der Waals surface area (Å²) in [7, 11) is 0. The van der Waals surface area contributed by atoms with Crippen LogP contribution < -0.4 is 0 Å². The molecule has 146 valence electrons. The lowest BCUT2D eigenvalue weighted by Gasteiger charge is -2.55. The summed E-state index contributed by atoms with van der Waals surface area (Å²) < 4.78 is 0. The summed E-state index contributed by atoms with van der Waals surface area (Å²) in [6.45, 7) is 2.79. The topological polar surface area (TPSA) is 36.4 Å². The van der Waals surface area contributed by atoms with Crippen molar-refractivity contribution in [3.63, 3.8) is 0 Å². The van der Waals surface area contributed by atoms with Crippen LogP contribution in [0.3, 0.4) is 0 Å². The van der Waals surface area contributed by atoms with E-state index < -0.39 is 0 Å². The molecule has 3 aliphatic heterocycles. The van der Waals surface area contributed by atoms with Gasteiger partial charge in [0.05, 0.1) is 10.6 Å². The molecule has 1 aromatic carbocycles. The van der Waals surface area contributed by atoms with Gasteiger partial charge in [0.2, 0.25) is 0 Å². The van der Waals surface area contributed by atoms with Gasteiger partial charge in [-0.25, -0.2) is 0 Å². The van der Waals surface area contributed by atoms with E-state index in [1.807, 2.05) is 0 Å². The first kappa shape index (κ1) is 18.1. The summed E-state index contributed by atoms with van der Waals surface area (Å²) in [6.07, 6.45) is 8.23. The molecular formula is C23H26ClN3O. The molecule has 1 amide bonds. The number of likely N-dealkylation sites (tertiary alicyclic amines) is 1. The van der Waals surface area contributed by atoms with Gasteiger partial charge >= 0.3 is 0 Å². The number of halogens is 1. The van der Waals surface area contributed by atoms with Gasteiger partial charge in [-0.15, -0.1) is 0 Å². The third kappa shape index (κ3) is 3.33. The van der Waals surface area contributed by atoms with Crippen LogP contribution in [0.1, 0.15) is 47.6 Å². The van der Waals surface area contributed by atoms with Crippen LogP contribution >= 0.6 is 11.6 Å². The van der Waals surface area contributed by atoms with Crippen molar-refractivity contribution in [2.45, 2.75) is 37.8 Å². The predicted octanol–water partition coefficient (Wildman–Crippen LogP) is 4.42. The van der Waals surface area contributed by atoms with Crippen LogP contribution in [0.25, 0.3) is 0 Å². The van der Waals surface area contributed by atoms with Crippen LogP contribution in [-0.4, -0.2) is 46.4 Å². The number of hydrogen-bond donors (Lipinski definition) is 0. The van der Waals surface area contributed by atoms with Crippen LogP contribution in [-0.2, 0) is 0 Å². The average molecular weight is 396 g/mol. The fourth-order valence-corrected chi connectivity index (χ4v) is 5.89. The summed E-state index contributed by atoms with van der Waals surface area (Å²) in [5.41, 5.74) is 2.06. The lowest BCUT2D eigenvalue weighted by molar-refractivity contribution is -0.0511. The normalized spacial score (nSPS) is 30.0. The summed E-state index contributed by atoms with van der Waals surface area (Å²) >= 11 is 6.05. The molecule has 5 rings (SSSR count). The maximum absolute atomic E-state index is 13.0. The molecule has 0 spiro atoms. The molecule has 3 aliphatic rings. The minimum absolute atomic E-state index is 0.0774. The van der Waals surface area contributed by atoms with E-state index in [-0.39, 0.29) is 5.91 Å². The number of aromatic nitrogens is 1. The minimum Gasteiger partial charge on any atom is -0.338 e. The number of carbonyl (C=O) groups excluding carboxylic acids is 1. The third-order valence-electron chi connectivity index (χ3n) is 6.81. The van der Waals surface area contributed by atoms with Gasteiger partial charge in [-0.1, -0.05) is 41.9 Å². The number of rotatable bonds is 2. The number of pyridine rings is 1. The quantitative estimate of drug-likeness (QED) is 0.755. The van der Waals surface area contributed by atoms with Crippen molar-refractivity contribution in [3.05, 3.63) is 64.9 Å². The Bertz CT molecular complexity index is 858. The Morgan fingerprint density at radius 2 is 1.93 bits per heavy atom. The monoisotopic (exact) mass is 395 g/mol. The van der Waals surface area contributed by atoms with E-state index in [4.69, 9.17) is 11.6 Å². The highest BCUT2D eigenvalue weighted by Gasteiger charge is 2.45. The van der Waals surface area contributed by atoms with Crippen molar-refractivity contribution in [1.29, 1.82) is 0 Å². The van der Waals surface area contributed by atoms with Gasteiger partial charge in [0.25, 0.3) is 5.91 Å². The molecule has 4 heterocycles. The van der Waals surface area contributed by atoms with Crippen molar-refractivity contribution >= 4 is 17.5 Å². The number of carbonyl (C=O) groups is 1. The number of amides is 1. The fraction of sp³-hybridized carbons (Fsp3) is 0.478. The Kier molecular flexibility index (Phi) is 4.85. The van der Waals surface area contributed by atoms with Crippen molar-refractivity contribution < 1.29 is 4.79 Å². The Labute approximate surface area is 171 Å². The lowest BCUT2D eigenvalue weighted by atomic mass is 9.74. The zero-order chi connectivity index (χ0) is 19.1. The van der Waals surface area contributed by atoms with Crippen molar-refractivity contribution in [2.75, 3.05) is 19.6 Å². The Morgan fingerprint density at radius 3 is 2.75 bits per heavy atom. The number of benzene rings is 1. The second-order valence-corrected chi connectivity index (χ2v) is 9.02. The molecule has 0 radical (unpaired) electrons. The second-order valence-electron chi connectivity index (χ2n) is 8.59. The SMILES string of the molecule is O=C(c1cncc(Cl)c1)N1C[C@@H]2C[C@H](C1)[C@@H]1CCC[C@H](c3ccccc3)N1C2. The molecule has 4 atom stereocenters. The van der Waals surface area contributed by atoms with Crippen molar-refractivity contribution in [2.24, 2.45) is 11.8 Å². The van der Waals surface area contributed by atoms with E-state index in [0.717, 1.165) is 19.6 Å². The molecule has 1 aromatic heterocycles. The van der Waals surface area contributed by atoms with E-state index in [1.165, 1.54) is 31.2 Å². The minimum atomic E-state index is 0.0774. The highest BCUT2D eigenvalue weighted by atomic mass is 35.5. The Balaban J connectivity index is 1.36. The second kappa shape index (κ2) is 7.49. The van der Waals surface area contributed by atoms with Crippen LogP contribution in [0.2, 0.25) is 5.02 Å². The number of piperidine rings is 3. The van der Waals surface area contributed by atoms with Gasteiger partial charge in [0.15, 0.2) is 0 Å². The first-order chi connectivity index (χ1) is 13.7. The van der Waals surface area contributed by atoms with E-state index >= 15 is 0 Å². The van der Waals surface area contributed by atoms with Gasteiger partial charge < -0.3 is 4.90 Å². The standard InChI is InChI=1S/C23H26ClN3O/c24-20-10-18(11-25-12-20)23(28)26-13-16-9-19(15-26)22-8-4-7-21(27(22)14-16)17-5-2-1-3-6-17/h1-3,5-6,10-12,16,19,21-22H,4,7-9,13-15H2/t16-,19+,21+,22-/m0/s1. The van der Waals surface area contributed by atoms with Gasteiger partial charge in [-0.05, 0) is 49.1 Å². The molecule has 5 heteroatoms. The van der Waals surface area contributed by atoms with E-state index in [2.05, 4.69) is 45.1 Å². The zero-order valence-electron chi connectivity index (χ0n) is 16.0. The maximum atomic E-state index is 13.0. The number of nitrogens with zero attached hydrogens (tertiary/aromatic N) is 3. The number of fused-ring (bicyclic) bond motifs is 4. The molecule has 0 aliphatic carbocycles. The van der Waals surface area contributed by atoms with E-state index in [9.17, 15) is 4.79 Å². The zero-order valence-corrected chi connectivity index (χ0v) is 16.8.